The lowest BCUT2D eigenvalue weighted by Crippen LogP contribution is -2.44. The SMILES string of the molecule is CC1CN(C(=O)c2cc(F)c(C3CCNCC3)cc2F)CCO1. The van der Waals surface area contributed by atoms with E-state index < -0.39 is 17.5 Å². The van der Waals surface area contributed by atoms with Crippen LogP contribution in [0.3, 0.4) is 0 Å². The highest BCUT2D eigenvalue weighted by Crippen LogP contribution is 2.29. The summed E-state index contributed by atoms with van der Waals surface area (Å²) in [4.78, 5) is 14.0. The largest absolute Gasteiger partial charge is 0.375 e. The fourth-order valence-corrected chi connectivity index (χ4v) is 3.35. The van der Waals surface area contributed by atoms with Crippen LogP contribution in [0.25, 0.3) is 0 Å². The molecule has 0 radical (unpaired) electrons. The Kier molecular flexibility index (Phi) is 4.92. The first-order valence-electron chi connectivity index (χ1n) is 8.17. The molecule has 2 saturated heterocycles. The van der Waals surface area contributed by atoms with Crippen LogP contribution in [-0.2, 0) is 4.74 Å². The zero-order valence-corrected chi connectivity index (χ0v) is 13.3. The highest BCUT2D eigenvalue weighted by molar-refractivity contribution is 5.94. The fraction of sp³-hybridized carbons (Fsp3) is 0.588. The zero-order chi connectivity index (χ0) is 16.4. The molecule has 2 heterocycles. The molecule has 6 heteroatoms. The van der Waals surface area contributed by atoms with Crippen molar-refractivity contribution >= 4 is 5.91 Å². The molecule has 3 rings (SSSR count). The molecule has 0 spiro atoms. The molecule has 0 aromatic heterocycles. The van der Waals surface area contributed by atoms with E-state index in [1.165, 1.54) is 11.0 Å². The van der Waals surface area contributed by atoms with Crippen molar-refractivity contribution in [3.05, 3.63) is 34.9 Å². The maximum absolute atomic E-state index is 14.4. The molecule has 1 atom stereocenters. The van der Waals surface area contributed by atoms with Crippen LogP contribution in [0.1, 0.15) is 41.6 Å². The van der Waals surface area contributed by atoms with Crippen LogP contribution in [0.2, 0.25) is 0 Å². The second kappa shape index (κ2) is 6.93. The summed E-state index contributed by atoms with van der Waals surface area (Å²) in [6.45, 7) is 4.69. The minimum absolute atomic E-state index is 0.0123. The molecule has 126 valence electrons. The quantitative estimate of drug-likeness (QED) is 0.907. The van der Waals surface area contributed by atoms with E-state index in [1.807, 2.05) is 6.92 Å². The number of benzene rings is 1. The van der Waals surface area contributed by atoms with Crippen LogP contribution in [0.5, 0.6) is 0 Å². The molecule has 0 aliphatic carbocycles. The minimum atomic E-state index is -0.635. The maximum atomic E-state index is 14.4. The lowest BCUT2D eigenvalue weighted by atomic mass is 9.89. The standard InChI is InChI=1S/C17H22F2N2O2/c1-11-10-21(6-7-23-11)17(22)14-9-15(18)13(8-16(14)19)12-2-4-20-5-3-12/h8-9,11-12,20H,2-7,10H2,1H3. The molecule has 0 saturated carbocycles. The van der Waals surface area contributed by atoms with E-state index in [4.69, 9.17) is 4.74 Å². The van der Waals surface area contributed by atoms with Gasteiger partial charge in [-0.05, 0) is 56.5 Å². The predicted molar refractivity (Wildman–Crippen MR) is 82.5 cm³/mol. The molecule has 0 bridgehead atoms. The van der Waals surface area contributed by atoms with Gasteiger partial charge in [0.25, 0.3) is 5.91 Å². The number of piperidine rings is 1. The van der Waals surface area contributed by atoms with Crippen molar-refractivity contribution in [2.45, 2.75) is 31.8 Å². The van der Waals surface area contributed by atoms with Crippen molar-refractivity contribution in [1.82, 2.24) is 10.2 Å². The number of nitrogens with one attached hydrogen (secondary N) is 1. The number of amides is 1. The highest BCUT2D eigenvalue weighted by Gasteiger charge is 2.27. The molecule has 1 unspecified atom stereocenters. The normalized spacial score (nSPS) is 23.1. The highest BCUT2D eigenvalue weighted by atomic mass is 19.1. The van der Waals surface area contributed by atoms with E-state index in [0.29, 0.717) is 25.3 Å². The number of rotatable bonds is 2. The number of carbonyl (C=O) groups is 1. The number of ether oxygens (including phenoxy) is 1. The van der Waals surface area contributed by atoms with Gasteiger partial charge in [-0.2, -0.15) is 0 Å². The summed E-state index contributed by atoms with van der Waals surface area (Å²) in [5.41, 5.74) is 0.199. The smallest absolute Gasteiger partial charge is 0.257 e. The Morgan fingerprint density at radius 1 is 1.26 bits per heavy atom. The fourth-order valence-electron chi connectivity index (χ4n) is 3.35. The minimum Gasteiger partial charge on any atom is -0.375 e. The zero-order valence-electron chi connectivity index (χ0n) is 13.3. The Hall–Kier alpha value is -1.53. The monoisotopic (exact) mass is 324 g/mol. The summed E-state index contributed by atoms with van der Waals surface area (Å²) in [5.74, 6) is -1.57. The lowest BCUT2D eigenvalue weighted by molar-refractivity contribution is -0.0126. The van der Waals surface area contributed by atoms with Crippen molar-refractivity contribution in [3.63, 3.8) is 0 Å². The van der Waals surface area contributed by atoms with Gasteiger partial charge in [0.05, 0.1) is 18.3 Å². The van der Waals surface area contributed by atoms with Crippen molar-refractivity contribution in [1.29, 1.82) is 0 Å². The van der Waals surface area contributed by atoms with E-state index in [9.17, 15) is 13.6 Å². The van der Waals surface area contributed by atoms with E-state index >= 15 is 0 Å². The summed E-state index contributed by atoms with van der Waals surface area (Å²) >= 11 is 0. The van der Waals surface area contributed by atoms with Crippen LogP contribution >= 0.6 is 0 Å². The summed E-state index contributed by atoms with van der Waals surface area (Å²) < 4.78 is 34.2. The van der Waals surface area contributed by atoms with Gasteiger partial charge in [0.1, 0.15) is 11.6 Å². The van der Waals surface area contributed by atoms with Gasteiger partial charge in [-0.25, -0.2) is 8.78 Å². The summed E-state index contributed by atoms with van der Waals surface area (Å²) in [6.07, 6.45) is 1.48. The van der Waals surface area contributed by atoms with Gasteiger partial charge in [-0.1, -0.05) is 0 Å². The topological polar surface area (TPSA) is 41.6 Å². The van der Waals surface area contributed by atoms with Crippen LogP contribution < -0.4 is 5.32 Å². The van der Waals surface area contributed by atoms with E-state index in [0.717, 1.165) is 32.0 Å². The van der Waals surface area contributed by atoms with Gasteiger partial charge in [-0.3, -0.25) is 4.79 Å². The number of carbonyl (C=O) groups excluding carboxylic acids is 1. The first-order chi connectivity index (χ1) is 11.1. The Balaban J connectivity index is 1.82. The average molecular weight is 324 g/mol. The molecular weight excluding hydrogens is 302 g/mol. The van der Waals surface area contributed by atoms with Crippen molar-refractivity contribution in [3.8, 4) is 0 Å². The molecule has 1 aromatic carbocycles. The number of nitrogens with zero attached hydrogens (tertiary/aromatic N) is 1. The lowest BCUT2D eigenvalue weighted by Gasteiger charge is -2.31. The molecule has 1 amide bonds. The molecule has 2 fully saturated rings. The summed E-state index contributed by atoms with van der Waals surface area (Å²) in [5, 5.41) is 3.21. The molecule has 1 N–H and O–H groups in total. The van der Waals surface area contributed by atoms with E-state index in [-0.39, 0.29) is 17.6 Å². The van der Waals surface area contributed by atoms with Crippen molar-refractivity contribution in [2.24, 2.45) is 0 Å². The second-order valence-corrected chi connectivity index (χ2v) is 6.31. The third-order valence-electron chi connectivity index (χ3n) is 4.62. The second-order valence-electron chi connectivity index (χ2n) is 6.31. The first kappa shape index (κ1) is 16.3. The van der Waals surface area contributed by atoms with Gasteiger partial charge < -0.3 is 15.0 Å². The number of morpholine rings is 1. The average Bonchev–Trinajstić information content (AvgIpc) is 2.57. The maximum Gasteiger partial charge on any atom is 0.257 e. The van der Waals surface area contributed by atoms with Crippen molar-refractivity contribution < 1.29 is 18.3 Å². The van der Waals surface area contributed by atoms with Gasteiger partial charge >= 0.3 is 0 Å². The van der Waals surface area contributed by atoms with Gasteiger partial charge in [0.2, 0.25) is 0 Å². The van der Waals surface area contributed by atoms with Crippen LogP contribution in [0.15, 0.2) is 12.1 Å². The summed E-state index contributed by atoms with van der Waals surface area (Å²) in [7, 11) is 0. The van der Waals surface area contributed by atoms with E-state index in [1.54, 1.807) is 0 Å². The van der Waals surface area contributed by atoms with E-state index in [2.05, 4.69) is 5.32 Å². The molecule has 1 aromatic rings. The first-order valence-corrected chi connectivity index (χ1v) is 8.17. The Morgan fingerprint density at radius 3 is 2.70 bits per heavy atom. The Labute approximate surface area is 134 Å². The molecular formula is C17H22F2N2O2. The van der Waals surface area contributed by atoms with Gasteiger partial charge in [-0.15, -0.1) is 0 Å². The van der Waals surface area contributed by atoms with Crippen LogP contribution in [-0.4, -0.2) is 49.7 Å². The molecule has 23 heavy (non-hydrogen) atoms. The molecule has 2 aliphatic heterocycles. The Bertz CT molecular complexity index is 588. The third kappa shape index (κ3) is 3.53. The predicted octanol–water partition coefficient (Wildman–Crippen LogP) is 2.29. The van der Waals surface area contributed by atoms with Gasteiger partial charge in [0.15, 0.2) is 0 Å². The van der Waals surface area contributed by atoms with Crippen LogP contribution in [0, 0.1) is 11.6 Å². The van der Waals surface area contributed by atoms with Gasteiger partial charge in [0, 0.05) is 13.1 Å². The molecule has 4 nitrogen and oxygen atoms in total. The number of hydrogen-bond acceptors (Lipinski definition) is 3. The molecule has 2 aliphatic rings. The van der Waals surface area contributed by atoms with Crippen LogP contribution in [0.4, 0.5) is 8.78 Å². The number of halogens is 2. The third-order valence-corrected chi connectivity index (χ3v) is 4.62. The Morgan fingerprint density at radius 2 is 2.00 bits per heavy atom. The summed E-state index contributed by atoms with van der Waals surface area (Å²) in [6, 6.07) is 2.28. The van der Waals surface area contributed by atoms with Crippen molar-refractivity contribution in [2.75, 3.05) is 32.8 Å². The number of hydrogen-bond donors (Lipinski definition) is 1.